The second-order valence-corrected chi connectivity index (χ2v) is 3.92. The van der Waals surface area contributed by atoms with Crippen LogP contribution in [-0.2, 0) is 6.42 Å². The van der Waals surface area contributed by atoms with Gasteiger partial charge in [-0.25, -0.2) is 0 Å². The molecule has 0 aromatic heterocycles. The molecular weight excluding hydrogens is 216 g/mol. The first-order valence-electron chi connectivity index (χ1n) is 5.72. The highest BCUT2D eigenvalue weighted by Crippen LogP contribution is 2.23. The van der Waals surface area contributed by atoms with E-state index < -0.39 is 6.10 Å². The first-order valence-corrected chi connectivity index (χ1v) is 5.72. The maximum absolute atomic E-state index is 9.37. The number of hydrogen-bond donors (Lipinski definition) is 1. The lowest BCUT2D eigenvalue weighted by molar-refractivity contribution is 0.210. The van der Waals surface area contributed by atoms with Crippen LogP contribution in [0.5, 0.6) is 11.5 Å². The van der Waals surface area contributed by atoms with Crippen molar-refractivity contribution in [1.29, 1.82) is 0 Å². The summed E-state index contributed by atoms with van der Waals surface area (Å²) in [5.41, 5.74) is 1.15. The standard InChI is InChI=1S/C14H20O3/c1-4-12(15)7-5-6-11-8-13(16-2)10-14(9-11)17-3/h4,8-10,12,15H,1,5-7H2,2-3H3. The lowest BCUT2D eigenvalue weighted by atomic mass is 10.1. The van der Waals surface area contributed by atoms with Gasteiger partial charge in [0, 0.05) is 6.07 Å². The molecule has 1 aromatic carbocycles. The number of aliphatic hydroxyl groups excluding tert-OH is 1. The molecule has 0 saturated carbocycles. The molecular formula is C14H20O3. The summed E-state index contributed by atoms with van der Waals surface area (Å²) < 4.78 is 10.4. The lowest BCUT2D eigenvalue weighted by Gasteiger charge is -2.09. The van der Waals surface area contributed by atoms with Crippen LogP contribution in [0.15, 0.2) is 30.9 Å². The average molecular weight is 236 g/mol. The summed E-state index contributed by atoms with van der Waals surface area (Å²) in [6.07, 6.45) is 3.67. The second kappa shape index (κ2) is 6.97. The highest BCUT2D eigenvalue weighted by molar-refractivity contribution is 5.38. The van der Waals surface area contributed by atoms with Crippen LogP contribution in [-0.4, -0.2) is 25.4 Å². The molecule has 1 atom stereocenters. The van der Waals surface area contributed by atoms with E-state index in [-0.39, 0.29) is 0 Å². The molecule has 0 heterocycles. The van der Waals surface area contributed by atoms with E-state index >= 15 is 0 Å². The number of aliphatic hydroxyl groups is 1. The number of rotatable bonds is 7. The Hall–Kier alpha value is -1.48. The van der Waals surface area contributed by atoms with E-state index in [9.17, 15) is 5.11 Å². The molecule has 3 heteroatoms. The van der Waals surface area contributed by atoms with Crippen LogP contribution in [0.2, 0.25) is 0 Å². The van der Waals surface area contributed by atoms with E-state index in [1.807, 2.05) is 18.2 Å². The predicted molar refractivity (Wildman–Crippen MR) is 68.7 cm³/mol. The lowest BCUT2D eigenvalue weighted by Crippen LogP contribution is -2.01. The van der Waals surface area contributed by atoms with E-state index in [4.69, 9.17) is 9.47 Å². The highest BCUT2D eigenvalue weighted by atomic mass is 16.5. The van der Waals surface area contributed by atoms with Gasteiger partial charge in [-0.1, -0.05) is 6.08 Å². The Morgan fingerprint density at radius 3 is 2.29 bits per heavy atom. The summed E-state index contributed by atoms with van der Waals surface area (Å²) >= 11 is 0. The van der Waals surface area contributed by atoms with Crippen LogP contribution in [0.4, 0.5) is 0 Å². The molecule has 0 aliphatic rings. The summed E-state index contributed by atoms with van der Waals surface area (Å²) in [4.78, 5) is 0. The number of hydrogen-bond acceptors (Lipinski definition) is 3. The topological polar surface area (TPSA) is 38.7 Å². The fraction of sp³-hybridized carbons (Fsp3) is 0.429. The zero-order valence-corrected chi connectivity index (χ0v) is 10.5. The molecule has 0 fully saturated rings. The molecule has 1 unspecified atom stereocenters. The third-order valence-electron chi connectivity index (χ3n) is 2.65. The van der Waals surface area contributed by atoms with Crippen LogP contribution in [0, 0.1) is 0 Å². The number of benzene rings is 1. The van der Waals surface area contributed by atoms with Gasteiger partial charge in [-0.2, -0.15) is 0 Å². The smallest absolute Gasteiger partial charge is 0.122 e. The Morgan fingerprint density at radius 1 is 1.24 bits per heavy atom. The summed E-state index contributed by atoms with van der Waals surface area (Å²) in [6.45, 7) is 3.55. The van der Waals surface area contributed by atoms with Gasteiger partial charge in [0.15, 0.2) is 0 Å². The fourth-order valence-corrected chi connectivity index (χ4v) is 1.64. The zero-order chi connectivity index (χ0) is 12.7. The van der Waals surface area contributed by atoms with Gasteiger partial charge in [-0.05, 0) is 37.0 Å². The normalized spacial score (nSPS) is 11.9. The van der Waals surface area contributed by atoms with Crippen molar-refractivity contribution < 1.29 is 14.6 Å². The number of methoxy groups -OCH3 is 2. The molecule has 0 radical (unpaired) electrons. The van der Waals surface area contributed by atoms with Gasteiger partial charge in [-0.15, -0.1) is 6.58 Å². The molecule has 17 heavy (non-hydrogen) atoms. The van der Waals surface area contributed by atoms with E-state index in [2.05, 4.69) is 6.58 Å². The third-order valence-corrected chi connectivity index (χ3v) is 2.65. The molecule has 1 N–H and O–H groups in total. The predicted octanol–water partition coefficient (Wildman–Crippen LogP) is 2.57. The molecule has 94 valence electrons. The largest absolute Gasteiger partial charge is 0.497 e. The van der Waals surface area contributed by atoms with Crippen LogP contribution in [0.25, 0.3) is 0 Å². The Morgan fingerprint density at radius 2 is 1.82 bits per heavy atom. The van der Waals surface area contributed by atoms with E-state index in [1.165, 1.54) is 0 Å². The fourth-order valence-electron chi connectivity index (χ4n) is 1.64. The van der Waals surface area contributed by atoms with Crippen molar-refractivity contribution in [3.05, 3.63) is 36.4 Å². The van der Waals surface area contributed by atoms with Crippen molar-refractivity contribution in [2.75, 3.05) is 14.2 Å². The molecule has 1 aromatic rings. The number of ether oxygens (including phenoxy) is 2. The van der Waals surface area contributed by atoms with Gasteiger partial charge in [0.2, 0.25) is 0 Å². The van der Waals surface area contributed by atoms with E-state index in [0.717, 1.165) is 36.3 Å². The summed E-state index contributed by atoms with van der Waals surface area (Å²) in [7, 11) is 3.28. The third kappa shape index (κ3) is 4.49. The van der Waals surface area contributed by atoms with Crippen molar-refractivity contribution in [2.45, 2.75) is 25.4 Å². The molecule has 0 spiro atoms. The van der Waals surface area contributed by atoms with Gasteiger partial charge < -0.3 is 14.6 Å². The molecule has 0 aliphatic heterocycles. The van der Waals surface area contributed by atoms with Gasteiger partial charge in [0.25, 0.3) is 0 Å². The van der Waals surface area contributed by atoms with Crippen molar-refractivity contribution in [3.63, 3.8) is 0 Å². The molecule has 0 bridgehead atoms. The second-order valence-electron chi connectivity index (χ2n) is 3.92. The Kier molecular flexibility index (Phi) is 5.57. The minimum Gasteiger partial charge on any atom is -0.497 e. The van der Waals surface area contributed by atoms with Crippen LogP contribution in [0.3, 0.4) is 0 Å². The molecule has 0 amide bonds. The van der Waals surface area contributed by atoms with Crippen molar-refractivity contribution >= 4 is 0 Å². The average Bonchev–Trinajstić information content (AvgIpc) is 2.37. The SMILES string of the molecule is C=CC(O)CCCc1cc(OC)cc(OC)c1. The monoisotopic (exact) mass is 236 g/mol. The van der Waals surface area contributed by atoms with Gasteiger partial charge >= 0.3 is 0 Å². The minimum absolute atomic E-state index is 0.414. The van der Waals surface area contributed by atoms with Crippen LogP contribution < -0.4 is 9.47 Å². The molecule has 0 saturated heterocycles. The quantitative estimate of drug-likeness (QED) is 0.739. The molecule has 0 aliphatic carbocycles. The summed E-state index contributed by atoms with van der Waals surface area (Å²) in [5.74, 6) is 1.59. The zero-order valence-electron chi connectivity index (χ0n) is 10.5. The van der Waals surface area contributed by atoms with E-state index in [0.29, 0.717) is 0 Å². The Labute approximate surface area is 103 Å². The van der Waals surface area contributed by atoms with Crippen molar-refractivity contribution in [3.8, 4) is 11.5 Å². The Balaban J connectivity index is 2.60. The first-order chi connectivity index (χ1) is 8.19. The van der Waals surface area contributed by atoms with Crippen LogP contribution >= 0.6 is 0 Å². The first kappa shape index (κ1) is 13.6. The maximum Gasteiger partial charge on any atom is 0.122 e. The van der Waals surface area contributed by atoms with Gasteiger partial charge in [0.1, 0.15) is 11.5 Å². The van der Waals surface area contributed by atoms with Crippen LogP contribution in [0.1, 0.15) is 18.4 Å². The highest BCUT2D eigenvalue weighted by Gasteiger charge is 2.03. The van der Waals surface area contributed by atoms with Gasteiger partial charge in [-0.3, -0.25) is 0 Å². The summed E-state index contributed by atoms with van der Waals surface area (Å²) in [6, 6.07) is 5.83. The maximum atomic E-state index is 9.37. The van der Waals surface area contributed by atoms with Crippen molar-refractivity contribution in [2.24, 2.45) is 0 Å². The Bertz CT molecular complexity index is 338. The number of aryl methyl sites for hydroxylation is 1. The van der Waals surface area contributed by atoms with Crippen molar-refractivity contribution in [1.82, 2.24) is 0 Å². The van der Waals surface area contributed by atoms with E-state index in [1.54, 1.807) is 20.3 Å². The van der Waals surface area contributed by atoms with Gasteiger partial charge in [0.05, 0.1) is 20.3 Å². The minimum atomic E-state index is -0.414. The summed E-state index contributed by atoms with van der Waals surface area (Å²) in [5, 5.41) is 9.37. The molecule has 3 nitrogen and oxygen atoms in total. The molecule has 1 rings (SSSR count).